The summed E-state index contributed by atoms with van der Waals surface area (Å²) in [6.07, 6.45) is 58.9. The average Bonchev–Trinajstić information content (AvgIpc) is 3.36. The van der Waals surface area contributed by atoms with Crippen LogP contribution in [0.2, 0.25) is 0 Å². The molecule has 7 unspecified atom stereocenters. The van der Waals surface area contributed by atoms with E-state index < -0.39 is 49.5 Å². The Balaban J connectivity index is 2.13. The lowest BCUT2D eigenvalue weighted by Crippen LogP contribution is -2.60. The number of hydrogen-bond acceptors (Lipinski definition) is 8. The zero-order valence-electron chi connectivity index (χ0n) is 45.8. The van der Waals surface area contributed by atoms with E-state index in [2.05, 4.69) is 55.6 Å². The van der Waals surface area contributed by atoms with Crippen LogP contribution in [-0.2, 0) is 14.3 Å². The Kier molecular flexibility index (Phi) is 48.3. The standard InChI is InChI=1S/C61H115NO8/c1-3-5-7-9-11-13-15-17-19-21-22-23-24-25-26-27-28-29-30-31-32-33-34-35-37-39-41-43-45-47-49-51-57(65)62-54(53-69-61-60(68)59(67)58(66)56(52-63)70-61)55(64)50-48-46-44-42-40-38-36-20-18-16-14-12-10-8-6-4-2/h15,17,21-22,24-25,54-56,58-61,63-64,66-68H,3-14,16,18-20,23,26-53H2,1-2H3,(H,62,65)/b17-15-,22-21-,25-24-. The van der Waals surface area contributed by atoms with Gasteiger partial charge >= 0.3 is 0 Å². The van der Waals surface area contributed by atoms with Crippen molar-refractivity contribution < 1.29 is 39.8 Å². The fourth-order valence-electron chi connectivity index (χ4n) is 9.70. The molecule has 1 fully saturated rings. The van der Waals surface area contributed by atoms with Gasteiger partial charge in [0.15, 0.2) is 6.29 Å². The second-order valence-corrected chi connectivity index (χ2v) is 21.1. The van der Waals surface area contributed by atoms with Gasteiger partial charge in [0.1, 0.15) is 24.4 Å². The summed E-state index contributed by atoms with van der Waals surface area (Å²) in [5, 5.41) is 54.7. The third-order valence-corrected chi connectivity index (χ3v) is 14.5. The molecule has 0 radical (unpaired) electrons. The number of amides is 1. The third kappa shape index (κ3) is 39.9. The molecule has 0 spiro atoms. The molecule has 0 saturated carbocycles. The maximum atomic E-state index is 13.1. The van der Waals surface area contributed by atoms with E-state index in [1.165, 1.54) is 212 Å². The number of hydrogen-bond donors (Lipinski definition) is 6. The summed E-state index contributed by atoms with van der Waals surface area (Å²) in [6.45, 7) is 3.85. The van der Waals surface area contributed by atoms with E-state index in [9.17, 15) is 30.3 Å². The van der Waals surface area contributed by atoms with Gasteiger partial charge in [0.05, 0.1) is 25.4 Å². The summed E-state index contributed by atoms with van der Waals surface area (Å²) < 4.78 is 11.3. The molecule has 412 valence electrons. The Labute approximate surface area is 431 Å². The van der Waals surface area contributed by atoms with Crippen LogP contribution in [0, 0.1) is 0 Å². The molecule has 1 amide bonds. The summed E-state index contributed by atoms with van der Waals surface area (Å²) in [5.41, 5.74) is 0. The summed E-state index contributed by atoms with van der Waals surface area (Å²) >= 11 is 0. The van der Waals surface area contributed by atoms with Crippen molar-refractivity contribution in [1.29, 1.82) is 0 Å². The van der Waals surface area contributed by atoms with Gasteiger partial charge in [-0.2, -0.15) is 0 Å². The normalized spacial score (nSPS) is 19.6. The van der Waals surface area contributed by atoms with E-state index in [1.54, 1.807) is 0 Å². The monoisotopic (exact) mass is 990 g/mol. The molecule has 9 heteroatoms. The quantitative estimate of drug-likeness (QED) is 0.0261. The molecule has 1 saturated heterocycles. The molecule has 1 heterocycles. The van der Waals surface area contributed by atoms with E-state index in [0.717, 1.165) is 51.4 Å². The number of carbonyl (C=O) groups is 1. The van der Waals surface area contributed by atoms with Gasteiger partial charge in [0, 0.05) is 6.42 Å². The predicted octanol–water partition coefficient (Wildman–Crippen LogP) is 15.1. The molecule has 7 atom stereocenters. The minimum Gasteiger partial charge on any atom is -0.394 e. The van der Waals surface area contributed by atoms with Gasteiger partial charge < -0.3 is 40.3 Å². The second kappa shape index (κ2) is 50.9. The minimum absolute atomic E-state index is 0.135. The zero-order chi connectivity index (χ0) is 50.8. The van der Waals surface area contributed by atoms with Crippen molar-refractivity contribution in [3.8, 4) is 0 Å². The van der Waals surface area contributed by atoms with Crippen LogP contribution in [0.4, 0.5) is 0 Å². The molecule has 0 aromatic heterocycles. The Morgan fingerprint density at radius 2 is 0.843 bits per heavy atom. The second-order valence-electron chi connectivity index (χ2n) is 21.1. The van der Waals surface area contributed by atoms with Gasteiger partial charge in [-0.3, -0.25) is 4.79 Å². The van der Waals surface area contributed by atoms with Gasteiger partial charge in [0.25, 0.3) is 0 Å². The molecule has 1 aliphatic rings. The van der Waals surface area contributed by atoms with Crippen LogP contribution in [0.15, 0.2) is 36.5 Å². The Morgan fingerprint density at radius 1 is 0.486 bits per heavy atom. The van der Waals surface area contributed by atoms with E-state index in [0.29, 0.717) is 12.8 Å². The molecule has 6 N–H and O–H groups in total. The SMILES string of the molecule is CCCCCCC/C=C\C/C=C\C/C=C\CCCCCCCCCCCCCCCCCCC(=O)NC(COC1OC(CO)C(O)C(O)C1O)C(O)CCCCCCCCCCCCCCCCCC. The Morgan fingerprint density at radius 3 is 1.24 bits per heavy atom. The Bertz CT molecular complexity index is 1190. The number of ether oxygens (including phenoxy) is 2. The summed E-state index contributed by atoms with van der Waals surface area (Å²) in [7, 11) is 0. The molecule has 1 rings (SSSR count). The van der Waals surface area contributed by atoms with Crippen LogP contribution in [-0.4, -0.2) is 87.5 Å². The van der Waals surface area contributed by atoms with Gasteiger partial charge in [0.2, 0.25) is 5.91 Å². The smallest absolute Gasteiger partial charge is 0.220 e. The van der Waals surface area contributed by atoms with Crippen molar-refractivity contribution >= 4 is 5.91 Å². The van der Waals surface area contributed by atoms with E-state index >= 15 is 0 Å². The molecule has 0 aromatic carbocycles. The maximum Gasteiger partial charge on any atom is 0.220 e. The minimum atomic E-state index is -1.55. The first-order valence-corrected chi connectivity index (χ1v) is 30.2. The van der Waals surface area contributed by atoms with E-state index in [-0.39, 0.29) is 12.5 Å². The number of rotatable bonds is 52. The number of aliphatic hydroxyl groups excluding tert-OH is 5. The number of allylic oxidation sites excluding steroid dienone is 6. The molecule has 0 bridgehead atoms. The molecule has 0 aromatic rings. The van der Waals surface area contributed by atoms with Crippen LogP contribution in [0.3, 0.4) is 0 Å². The highest BCUT2D eigenvalue weighted by Crippen LogP contribution is 2.23. The van der Waals surface area contributed by atoms with Crippen LogP contribution < -0.4 is 5.32 Å². The van der Waals surface area contributed by atoms with Crippen molar-refractivity contribution in [3.63, 3.8) is 0 Å². The van der Waals surface area contributed by atoms with Gasteiger partial charge in [-0.05, 0) is 51.4 Å². The number of carbonyl (C=O) groups excluding carboxylic acids is 1. The summed E-state index contributed by atoms with van der Waals surface area (Å²) in [6, 6.07) is -0.718. The van der Waals surface area contributed by atoms with Crippen molar-refractivity contribution in [2.24, 2.45) is 0 Å². The van der Waals surface area contributed by atoms with Crippen LogP contribution in [0.25, 0.3) is 0 Å². The first-order valence-electron chi connectivity index (χ1n) is 30.2. The highest BCUT2D eigenvalue weighted by molar-refractivity contribution is 5.76. The molecular weight excluding hydrogens is 875 g/mol. The average molecular weight is 991 g/mol. The summed E-state index contributed by atoms with van der Waals surface area (Å²) in [5.74, 6) is -0.141. The molecule has 9 nitrogen and oxygen atoms in total. The van der Waals surface area contributed by atoms with Crippen LogP contribution >= 0.6 is 0 Å². The Hall–Kier alpha value is -1.59. The first kappa shape index (κ1) is 66.4. The lowest BCUT2D eigenvalue weighted by Gasteiger charge is -2.40. The van der Waals surface area contributed by atoms with Crippen molar-refractivity contribution in [2.45, 2.75) is 333 Å². The highest BCUT2D eigenvalue weighted by Gasteiger charge is 2.44. The topological polar surface area (TPSA) is 149 Å². The molecular formula is C61H115NO8. The van der Waals surface area contributed by atoms with Crippen LogP contribution in [0.1, 0.15) is 290 Å². The molecule has 70 heavy (non-hydrogen) atoms. The number of nitrogens with one attached hydrogen (secondary N) is 1. The lowest BCUT2D eigenvalue weighted by molar-refractivity contribution is -0.302. The van der Waals surface area contributed by atoms with Crippen molar-refractivity contribution in [3.05, 3.63) is 36.5 Å². The van der Waals surface area contributed by atoms with Crippen molar-refractivity contribution in [1.82, 2.24) is 5.32 Å². The lowest BCUT2D eigenvalue weighted by atomic mass is 9.99. The van der Waals surface area contributed by atoms with Gasteiger partial charge in [-0.1, -0.05) is 269 Å². The predicted molar refractivity (Wildman–Crippen MR) is 295 cm³/mol. The zero-order valence-corrected chi connectivity index (χ0v) is 45.8. The van der Waals surface area contributed by atoms with E-state index in [1.807, 2.05) is 0 Å². The van der Waals surface area contributed by atoms with Crippen molar-refractivity contribution in [2.75, 3.05) is 13.2 Å². The van der Waals surface area contributed by atoms with Crippen LogP contribution in [0.5, 0.6) is 0 Å². The third-order valence-electron chi connectivity index (χ3n) is 14.5. The number of aliphatic hydroxyl groups is 5. The fraction of sp³-hybridized carbons (Fsp3) is 0.885. The molecule has 1 aliphatic heterocycles. The summed E-state index contributed by atoms with van der Waals surface area (Å²) in [4.78, 5) is 13.1. The number of unbranched alkanes of at least 4 members (excludes halogenated alkanes) is 36. The van der Waals surface area contributed by atoms with Gasteiger partial charge in [-0.25, -0.2) is 0 Å². The first-order chi connectivity index (χ1) is 34.3. The van der Waals surface area contributed by atoms with Gasteiger partial charge in [-0.15, -0.1) is 0 Å². The maximum absolute atomic E-state index is 13.1. The molecule has 0 aliphatic carbocycles. The van der Waals surface area contributed by atoms with E-state index in [4.69, 9.17) is 9.47 Å². The fourth-order valence-corrected chi connectivity index (χ4v) is 9.70. The largest absolute Gasteiger partial charge is 0.394 e. The highest BCUT2D eigenvalue weighted by atomic mass is 16.7.